The van der Waals surface area contributed by atoms with Crippen molar-refractivity contribution in [2.24, 2.45) is 0 Å². The summed E-state index contributed by atoms with van der Waals surface area (Å²) in [5.41, 5.74) is 1.08. The Morgan fingerprint density at radius 1 is 0.950 bits per heavy atom. The first-order chi connectivity index (χ1) is 9.78. The van der Waals surface area contributed by atoms with E-state index in [0.29, 0.717) is 6.54 Å². The third-order valence-corrected chi connectivity index (χ3v) is 3.66. The van der Waals surface area contributed by atoms with Gasteiger partial charge >= 0.3 is 0 Å². The number of carbonyl (C=O) groups excluding carboxylic acids is 1. The monoisotopic (exact) mass is 283 g/mol. The molecule has 0 bridgehead atoms. The van der Waals surface area contributed by atoms with Gasteiger partial charge in [0, 0.05) is 6.54 Å². The topological polar surface area (TPSA) is 29.1 Å². The van der Waals surface area contributed by atoms with Gasteiger partial charge in [0.05, 0.1) is 0 Å². The van der Waals surface area contributed by atoms with Crippen LogP contribution >= 0.6 is 11.6 Å². The van der Waals surface area contributed by atoms with Gasteiger partial charge in [0.25, 0.3) is 0 Å². The first kappa shape index (κ1) is 12.9. The lowest BCUT2D eigenvalue weighted by Crippen LogP contribution is -2.23. The molecular formula is C17H14ClNO. The normalized spacial score (nSPS) is 10.8. The van der Waals surface area contributed by atoms with Crippen molar-refractivity contribution in [3.05, 3.63) is 60.2 Å². The van der Waals surface area contributed by atoms with Crippen LogP contribution in [0.5, 0.6) is 0 Å². The Balaban J connectivity index is 2.04. The third kappa shape index (κ3) is 2.47. The Labute approximate surface area is 122 Å². The van der Waals surface area contributed by atoms with Gasteiger partial charge in [-0.05, 0) is 33.2 Å². The molecule has 0 saturated carbocycles. The van der Waals surface area contributed by atoms with Crippen molar-refractivity contribution < 1.29 is 4.79 Å². The van der Waals surface area contributed by atoms with Crippen molar-refractivity contribution in [3.8, 4) is 0 Å². The minimum absolute atomic E-state index is 0.00346. The van der Waals surface area contributed by atoms with Gasteiger partial charge in [-0.15, -0.1) is 11.6 Å². The Bertz CT molecular complexity index is 782. The quantitative estimate of drug-likeness (QED) is 0.574. The lowest BCUT2D eigenvalue weighted by Gasteiger charge is -2.07. The predicted octanol–water partition coefficient (Wildman–Crippen LogP) is 3.85. The highest BCUT2D eigenvalue weighted by atomic mass is 35.5. The number of hydrogen-bond acceptors (Lipinski definition) is 1. The van der Waals surface area contributed by atoms with E-state index in [1.807, 2.05) is 18.2 Å². The van der Waals surface area contributed by atoms with Gasteiger partial charge in [0.2, 0.25) is 5.91 Å². The van der Waals surface area contributed by atoms with Gasteiger partial charge in [-0.25, -0.2) is 0 Å². The number of fused-ring (bicyclic) bond motifs is 3. The molecule has 3 aromatic carbocycles. The fourth-order valence-electron chi connectivity index (χ4n) is 2.41. The molecule has 0 aromatic heterocycles. The summed E-state index contributed by atoms with van der Waals surface area (Å²) < 4.78 is 0. The van der Waals surface area contributed by atoms with Crippen molar-refractivity contribution >= 4 is 39.1 Å². The lowest BCUT2D eigenvalue weighted by atomic mass is 10.00. The average molecular weight is 284 g/mol. The van der Waals surface area contributed by atoms with E-state index in [1.165, 1.54) is 21.5 Å². The molecule has 1 amide bonds. The van der Waals surface area contributed by atoms with Gasteiger partial charge < -0.3 is 5.32 Å². The number of benzene rings is 3. The van der Waals surface area contributed by atoms with E-state index in [1.54, 1.807) is 0 Å². The molecule has 1 N–H and O–H groups in total. The van der Waals surface area contributed by atoms with E-state index in [0.717, 1.165) is 5.56 Å². The molecule has 0 saturated heterocycles. The summed E-state index contributed by atoms with van der Waals surface area (Å²) >= 11 is 5.48. The molecule has 0 aliphatic rings. The van der Waals surface area contributed by atoms with Crippen LogP contribution in [0, 0.1) is 0 Å². The molecule has 0 aliphatic heterocycles. The van der Waals surface area contributed by atoms with Crippen molar-refractivity contribution in [3.63, 3.8) is 0 Å². The number of alkyl halides is 1. The molecule has 0 unspecified atom stereocenters. The zero-order valence-electron chi connectivity index (χ0n) is 10.9. The van der Waals surface area contributed by atoms with E-state index in [4.69, 9.17) is 11.6 Å². The number of nitrogens with one attached hydrogen (secondary N) is 1. The fraction of sp³-hybridized carbons (Fsp3) is 0.118. The van der Waals surface area contributed by atoms with E-state index in [2.05, 4.69) is 41.7 Å². The molecule has 0 fully saturated rings. The van der Waals surface area contributed by atoms with Gasteiger partial charge in [-0.1, -0.05) is 48.5 Å². The maximum Gasteiger partial charge on any atom is 0.235 e. The van der Waals surface area contributed by atoms with E-state index < -0.39 is 0 Å². The van der Waals surface area contributed by atoms with Crippen molar-refractivity contribution in [2.75, 3.05) is 5.88 Å². The minimum atomic E-state index is -0.148. The van der Waals surface area contributed by atoms with Crippen LogP contribution in [0.15, 0.2) is 54.6 Å². The Morgan fingerprint density at radius 2 is 1.65 bits per heavy atom. The minimum Gasteiger partial charge on any atom is -0.351 e. The van der Waals surface area contributed by atoms with Crippen LogP contribution in [0.3, 0.4) is 0 Å². The zero-order chi connectivity index (χ0) is 13.9. The number of carbonyl (C=O) groups is 1. The first-order valence-electron chi connectivity index (χ1n) is 6.51. The van der Waals surface area contributed by atoms with Crippen LogP contribution in [0.4, 0.5) is 0 Å². The van der Waals surface area contributed by atoms with Crippen LogP contribution in [-0.4, -0.2) is 11.8 Å². The van der Waals surface area contributed by atoms with Gasteiger partial charge in [0.15, 0.2) is 0 Å². The third-order valence-electron chi connectivity index (χ3n) is 3.42. The average Bonchev–Trinajstić information content (AvgIpc) is 2.52. The second kappa shape index (κ2) is 5.51. The zero-order valence-corrected chi connectivity index (χ0v) is 11.7. The SMILES string of the molecule is O=C(CCl)NCc1ccc2ccc3ccccc3c2c1. The van der Waals surface area contributed by atoms with Crippen LogP contribution < -0.4 is 5.32 Å². The summed E-state index contributed by atoms with van der Waals surface area (Å²) in [6, 6.07) is 18.8. The van der Waals surface area contributed by atoms with Gasteiger partial charge in [0.1, 0.15) is 5.88 Å². The maximum atomic E-state index is 11.2. The molecule has 0 heterocycles. The number of halogens is 1. The standard InChI is InChI=1S/C17H14ClNO/c18-10-17(20)19-11-12-5-6-14-8-7-13-3-1-2-4-15(13)16(14)9-12/h1-9H,10-11H2,(H,19,20). The summed E-state index contributed by atoms with van der Waals surface area (Å²) in [6.07, 6.45) is 0. The van der Waals surface area contributed by atoms with Crippen LogP contribution in [0.25, 0.3) is 21.5 Å². The largest absolute Gasteiger partial charge is 0.351 e. The van der Waals surface area contributed by atoms with Crippen molar-refractivity contribution in [2.45, 2.75) is 6.54 Å². The Kier molecular flexibility index (Phi) is 3.57. The highest BCUT2D eigenvalue weighted by Crippen LogP contribution is 2.26. The molecule has 0 atom stereocenters. The van der Waals surface area contributed by atoms with Crippen molar-refractivity contribution in [1.29, 1.82) is 0 Å². The highest BCUT2D eigenvalue weighted by molar-refractivity contribution is 6.27. The van der Waals surface area contributed by atoms with Gasteiger partial charge in [-0.2, -0.15) is 0 Å². The molecule has 3 rings (SSSR count). The van der Waals surface area contributed by atoms with Crippen LogP contribution in [-0.2, 0) is 11.3 Å². The molecular weight excluding hydrogens is 270 g/mol. The van der Waals surface area contributed by atoms with E-state index in [-0.39, 0.29) is 11.8 Å². The lowest BCUT2D eigenvalue weighted by molar-refractivity contribution is -0.118. The Morgan fingerprint density at radius 3 is 2.45 bits per heavy atom. The maximum absolute atomic E-state index is 11.2. The Hall–Kier alpha value is -2.06. The molecule has 100 valence electrons. The molecule has 3 heteroatoms. The molecule has 0 radical (unpaired) electrons. The highest BCUT2D eigenvalue weighted by Gasteiger charge is 2.03. The first-order valence-corrected chi connectivity index (χ1v) is 7.04. The molecule has 0 aliphatic carbocycles. The molecule has 0 spiro atoms. The number of amides is 1. The van der Waals surface area contributed by atoms with Gasteiger partial charge in [-0.3, -0.25) is 4.79 Å². The number of rotatable bonds is 3. The predicted molar refractivity (Wildman–Crippen MR) is 84.0 cm³/mol. The fourth-order valence-corrected chi connectivity index (χ4v) is 2.50. The summed E-state index contributed by atoms with van der Waals surface area (Å²) in [5, 5.41) is 7.66. The van der Waals surface area contributed by atoms with Crippen LogP contribution in [0.2, 0.25) is 0 Å². The second-order valence-electron chi connectivity index (χ2n) is 4.75. The summed E-state index contributed by atoms with van der Waals surface area (Å²) in [5.74, 6) is -0.152. The molecule has 2 nitrogen and oxygen atoms in total. The molecule has 20 heavy (non-hydrogen) atoms. The smallest absolute Gasteiger partial charge is 0.235 e. The summed E-state index contributed by atoms with van der Waals surface area (Å²) in [4.78, 5) is 11.2. The number of hydrogen-bond donors (Lipinski definition) is 1. The van der Waals surface area contributed by atoms with Crippen molar-refractivity contribution in [1.82, 2.24) is 5.32 Å². The van der Waals surface area contributed by atoms with Crippen LogP contribution in [0.1, 0.15) is 5.56 Å². The molecule has 3 aromatic rings. The summed E-state index contributed by atoms with van der Waals surface area (Å²) in [7, 11) is 0. The second-order valence-corrected chi connectivity index (χ2v) is 5.02. The van der Waals surface area contributed by atoms with E-state index >= 15 is 0 Å². The van der Waals surface area contributed by atoms with E-state index in [9.17, 15) is 4.79 Å². The summed E-state index contributed by atoms with van der Waals surface area (Å²) in [6.45, 7) is 0.505.